The quantitative estimate of drug-likeness (QED) is 0.372. The molecule has 0 aliphatic rings. The predicted molar refractivity (Wildman–Crippen MR) is 47.9 cm³/mol. The van der Waals surface area contributed by atoms with Crippen LogP contribution in [0.1, 0.15) is 45.4 Å². The Hall–Kier alpha value is -0.260. The molecule has 0 N–H and O–H groups in total. The van der Waals surface area contributed by atoms with Gasteiger partial charge in [0.2, 0.25) is 0 Å². The lowest BCUT2D eigenvalue weighted by atomic mass is 10.1. The molecule has 0 nitrogen and oxygen atoms in total. The first-order valence-electron chi connectivity index (χ1n) is 4.34. The summed E-state index contributed by atoms with van der Waals surface area (Å²) >= 11 is 0. The van der Waals surface area contributed by atoms with Crippen LogP contribution in [0, 0.1) is 6.42 Å². The normalized spacial score (nSPS) is 9.70. The van der Waals surface area contributed by atoms with Crippen LogP contribution >= 0.6 is 0 Å². The fourth-order valence-electron chi connectivity index (χ4n) is 0.926. The molecule has 0 heterocycles. The summed E-state index contributed by atoms with van der Waals surface area (Å²) < 4.78 is 0. The van der Waals surface area contributed by atoms with Gasteiger partial charge in [0.05, 0.1) is 0 Å². The van der Waals surface area contributed by atoms with Crippen LogP contribution in [0.15, 0.2) is 12.7 Å². The first-order chi connectivity index (χ1) is 4.91. The highest BCUT2D eigenvalue weighted by Gasteiger charge is 1.86. The zero-order valence-electron chi connectivity index (χ0n) is 7.10. The summed E-state index contributed by atoms with van der Waals surface area (Å²) in [6, 6.07) is 0. The second-order valence-corrected chi connectivity index (χ2v) is 2.65. The molecule has 1 radical (unpaired) electrons. The van der Waals surface area contributed by atoms with E-state index in [1.807, 2.05) is 6.08 Å². The highest BCUT2D eigenvalue weighted by Crippen LogP contribution is 2.05. The van der Waals surface area contributed by atoms with E-state index in [-0.39, 0.29) is 0 Å². The van der Waals surface area contributed by atoms with E-state index in [2.05, 4.69) is 19.9 Å². The minimum atomic E-state index is 1.18. The van der Waals surface area contributed by atoms with Crippen molar-refractivity contribution in [1.29, 1.82) is 0 Å². The van der Waals surface area contributed by atoms with Gasteiger partial charge in [0.25, 0.3) is 0 Å². The van der Waals surface area contributed by atoms with Crippen molar-refractivity contribution in [3.8, 4) is 0 Å². The van der Waals surface area contributed by atoms with Crippen molar-refractivity contribution in [2.75, 3.05) is 0 Å². The molecule has 0 bridgehead atoms. The van der Waals surface area contributed by atoms with Gasteiger partial charge in [0, 0.05) is 0 Å². The van der Waals surface area contributed by atoms with Gasteiger partial charge in [-0.15, -0.1) is 6.58 Å². The lowest BCUT2D eigenvalue weighted by molar-refractivity contribution is 0.708. The van der Waals surface area contributed by atoms with Crippen molar-refractivity contribution < 1.29 is 0 Å². The second kappa shape index (κ2) is 8.74. The molecule has 0 saturated carbocycles. The lowest BCUT2D eigenvalue weighted by Gasteiger charge is -1.96. The molecule has 0 spiro atoms. The Morgan fingerprint density at radius 3 is 2.40 bits per heavy atom. The summed E-state index contributed by atoms with van der Waals surface area (Å²) in [4.78, 5) is 0. The maximum atomic E-state index is 3.68. The molecule has 0 aliphatic heterocycles. The maximum absolute atomic E-state index is 3.68. The van der Waals surface area contributed by atoms with Gasteiger partial charge in [-0.2, -0.15) is 0 Å². The van der Waals surface area contributed by atoms with E-state index in [0.717, 1.165) is 0 Å². The Bertz CT molecular complexity index is 64.4. The van der Waals surface area contributed by atoms with Crippen LogP contribution in [0.25, 0.3) is 0 Å². The molecular weight excluding hydrogens is 120 g/mol. The highest BCUT2D eigenvalue weighted by molar-refractivity contribution is 4.68. The zero-order chi connectivity index (χ0) is 7.66. The molecule has 0 atom stereocenters. The van der Waals surface area contributed by atoms with Gasteiger partial charge in [-0.3, -0.25) is 0 Å². The van der Waals surface area contributed by atoms with Crippen LogP contribution in [-0.2, 0) is 0 Å². The average Bonchev–Trinajstić information content (AvgIpc) is 1.97. The Morgan fingerprint density at radius 2 is 1.80 bits per heavy atom. The van der Waals surface area contributed by atoms with E-state index in [1.54, 1.807) is 0 Å². The number of hydrogen-bond acceptors (Lipinski definition) is 0. The van der Waals surface area contributed by atoms with Crippen molar-refractivity contribution in [3.63, 3.8) is 0 Å². The summed E-state index contributed by atoms with van der Waals surface area (Å²) in [7, 11) is 0. The minimum absolute atomic E-state index is 1.18. The highest BCUT2D eigenvalue weighted by atomic mass is 13.9. The molecule has 10 heavy (non-hydrogen) atoms. The fourth-order valence-corrected chi connectivity index (χ4v) is 0.926. The van der Waals surface area contributed by atoms with Crippen molar-refractivity contribution in [1.82, 2.24) is 0 Å². The molecule has 0 aromatic rings. The molecule has 0 heteroatoms. The van der Waals surface area contributed by atoms with Crippen LogP contribution in [0.5, 0.6) is 0 Å². The molecule has 0 aromatic heterocycles. The SMILES string of the molecule is C=CCCCC[CH]CCC. The molecule has 59 valence electrons. The van der Waals surface area contributed by atoms with Gasteiger partial charge in [0.1, 0.15) is 0 Å². The topological polar surface area (TPSA) is 0 Å². The third-order valence-corrected chi connectivity index (χ3v) is 1.56. The first kappa shape index (κ1) is 9.74. The van der Waals surface area contributed by atoms with Crippen LogP contribution in [0.2, 0.25) is 0 Å². The Labute approximate surface area is 65.3 Å². The second-order valence-electron chi connectivity index (χ2n) is 2.65. The van der Waals surface area contributed by atoms with Crippen molar-refractivity contribution in [3.05, 3.63) is 19.1 Å². The smallest absolute Gasteiger partial charge is 0.0353 e. The van der Waals surface area contributed by atoms with E-state index in [4.69, 9.17) is 0 Å². The van der Waals surface area contributed by atoms with E-state index in [1.165, 1.54) is 38.5 Å². The molecule has 0 fully saturated rings. The molecule has 0 rings (SSSR count). The minimum Gasteiger partial charge on any atom is -0.103 e. The summed E-state index contributed by atoms with van der Waals surface area (Å²) in [6.07, 6.45) is 12.1. The van der Waals surface area contributed by atoms with Gasteiger partial charge in [-0.05, 0) is 19.3 Å². The van der Waals surface area contributed by atoms with Gasteiger partial charge in [-0.25, -0.2) is 0 Å². The Kier molecular flexibility index (Phi) is 8.51. The fraction of sp³-hybridized carbons (Fsp3) is 0.700. The number of rotatable bonds is 7. The molecule has 0 saturated heterocycles. The Morgan fingerprint density at radius 1 is 1.10 bits per heavy atom. The van der Waals surface area contributed by atoms with Gasteiger partial charge in [-0.1, -0.05) is 38.7 Å². The summed E-state index contributed by atoms with van der Waals surface area (Å²) in [5.74, 6) is 0. The monoisotopic (exact) mass is 139 g/mol. The molecular formula is C10H19. The Balaban J connectivity index is 2.70. The molecule has 0 amide bonds. The van der Waals surface area contributed by atoms with Crippen LogP contribution in [-0.4, -0.2) is 0 Å². The standard InChI is InChI=1S/C10H19/c1-3-5-7-9-10-8-6-4-2/h3,8H,1,4-7,9-10H2,2H3. The van der Waals surface area contributed by atoms with E-state index < -0.39 is 0 Å². The lowest BCUT2D eigenvalue weighted by Crippen LogP contribution is -1.77. The van der Waals surface area contributed by atoms with Crippen molar-refractivity contribution >= 4 is 0 Å². The first-order valence-corrected chi connectivity index (χ1v) is 4.34. The molecule has 0 aliphatic carbocycles. The third kappa shape index (κ3) is 7.74. The average molecular weight is 139 g/mol. The summed E-state index contributed by atoms with van der Waals surface area (Å²) in [6.45, 7) is 5.91. The van der Waals surface area contributed by atoms with E-state index in [9.17, 15) is 0 Å². The van der Waals surface area contributed by atoms with Gasteiger partial charge >= 0.3 is 0 Å². The van der Waals surface area contributed by atoms with Gasteiger partial charge < -0.3 is 0 Å². The van der Waals surface area contributed by atoms with Crippen LogP contribution < -0.4 is 0 Å². The van der Waals surface area contributed by atoms with Crippen LogP contribution in [0.3, 0.4) is 0 Å². The van der Waals surface area contributed by atoms with Gasteiger partial charge in [0.15, 0.2) is 0 Å². The maximum Gasteiger partial charge on any atom is -0.0353 e. The van der Waals surface area contributed by atoms with Crippen molar-refractivity contribution in [2.24, 2.45) is 0 Å². The predicted octanol–water partition coefficient (Wildman–Crippen LogP) is 3.74. The molecule has 0 aromatic carbocycles. The van der Waals surface area contributed by atoms with Crippen molar-refractivity contribution in [2.45, 2.75) is 45.4 Å². The van der Waals surface area contributed by atoms with E-state index in [0.29, 0.717) is 0 Å². The summed E-state index contributed by atoms with van der Waals surface area (Å²) in [5, 5.41) is 0. The van der Waals surface area contributed by atoms with E-state index >= 15 is 0 Å². The largest absolute Gasteiger partial charge is 0.103 e. The zero-order valence-corrected chi connectivity index (χ0v) is 7.10. The molecule has 0 unspecified atom stereocenters. The number of hydrogen-bond donors (Lipinski definition) is 0. The number of unbranched alkanes of at least 4 members (excludes halogenated alkanes) is 6. The number of allylic oxidation sites excluding steroid dienone is 1. The summed E-state index contributed by atoms with van der Waals surface area (Å²) in [5.41, 5.74) is 0. The third-order valence-electron chi connectivity index (χ3n) is 1.56. The van der Waals surface area contributed by atoms with Crippen LogP contribution in [0.4, 0.5) is 0 Å².